The van der Waals surface area contributed by atoms with Gasteiger partial charge < -0.3 is 20.3 Å². The summed E-state index contributed by atoms with van der Waals surface area (Å²) in [5, 5.41) is 0. The third-order valence-electron chi connectivity index (χ3n) is 5.87. The Morgan fingerprint density at radius 1 is 1.32 bits per heavy atom. The van der Waals surface area contributed by atoms with Crippen LogP contribution >= 0.6 is 0 Å². The molecule has 2 aromatic heterocycles. The van der Waals surface area contributed by atoms with Gasteiger partial charge in [-0.1, -0.05) is 0 Å². The van der Waals surface area contributed by atoms with Crippen molar-refractivity contribution in [1.29, 1.82) is 0 Å². The average Bonchev–Trinajstić information content (AvgIpc) is 3.15. The number of hydrogen-bond acceptors (Lipinski definition) is 6. The number of piperazine rings is 1. The molecule has 4 heterocycles. The second kappa shape index (κ2) is 10.2. The van der Waals surface area contributed by atoms with Crippen molar-refractivity contribution in [2.24, 2.45) is 15.7 Å². The topological polar surface area (TPSA) is 119 Å². The fraction of sp³-hybridized carbons (Fsp3) is 0.522. The van der Waals surface area contributed by atoms with E-state index in [1.54, 1.807) is 19.0 Å². The second-order valence-electron chi connectivity index (χ2n) is 8.96. The first-order valence-corrected chi connectivity index (χ1v) is 11.6. The minimum atomic E-state index is 0.0909. The molecule has 0 saturated carbocycles. The van der Waals surface area contributed by atoms with Crippen LogP contribution in [0.4, 0.5) is 5.82 Å². The summed E-state index contributed by atoms with van der Waals surface area (Å²) >= 11 is 0. The van der Waals surface area contributed by atoms with E-state index < -0.39 is 0 Å². The van der Waals surface area contributed by atoms with Gasteiger partial charge in [-0.3, -0.25) is 14.7 Å². The van der Waals surface area contributed by atoms with E-state index in [1.165, 1.54) is 6.34 Å². The molecule has 4 rings (SSSR count). The molecule has 1 amide bonds. The van der Waals surface area contributed by atoms with Crippen molar-refractivity contribution in [1.82, 2.24) is 19.8 Å². The van der Waals surface area contributed by atoms with Crippen LogP contribution in [0.2, 0.25) is 0 Å². The van der Waals surface area contributed by atoms with Crippen molar-refractivity contribution in [3.8, 4) is 17.3 Å². The number of carbonyl (C=O) groups is 1. The highest BCUT2D eigenvalue weighted by atomic mass is 16.5. The average molecular weight is 469 g/mol. The number of aliphatic imine (C=N–C) groups is 2. The molecule has 182 valence electrons. The number of aromatic amines is 1. The highest BCUT2D eigenvalue weighted by Gasteiger charge is 2.29. The fourth-order valence-electron chi connectivity index (χ4n) is 4.06. The predicted octanol–water partition coefficient (Wildman–Crippen LogP) is 0.109. The van der Waals surface area contributed by atoms with Crippen LogP contribution in [0.1, 0.15) is 19.5 Å². The van der Waals surface area contributed by atoms with Crippen molar-refractivity contribution < 1.29 is 14.1 Å². The van der Waals surface area contributed by atoms with E-state index in [9.17, 15) is 4.79 Å². The summed E-state index contributed by atoms with van der Waals surface area (Å²) in [5.74, 6) is 3.08. The molecule has 0 aliphatic carbocycles. The summed E-state index contributed by atoms with van der Waals surface area (Å²) in [6.07, 6.45) is 3.25. The van der Waals surface area contributed by atoms with Gasteiger partial charge >= 0.3 is 0 Å². The highest BCUT2D eigenvalue weighted by molar-refractivity contribution is 6.01. The third-order valence-corrected chi connectivity index (χ3v) is 5.87. The number of hydrogen-bond donors (Lipinski definition) is 2. The van der Waals surface area contributed by atoms with Crippen molar-refractivity contribution in [3.05, 3.63) is 24.0 Å². The van der Waals surface area contributed by atoms with Crippen molar-refractivity contribution in [2.75, 3.05) is 58.3 Å². The molecule has 2 aromatic rings. The van der Waals surface area contributed by atoms with Gasteiger partial charge in [0.2, 0.25) is 23.3 Å². The van der Waals surface area contributed by atoms with E-state index >= 15 is 0 Å². The molecule has 1 fully saturated rings. The number of ether oxygens (including phenoxy) is 1. The van der Waals surface area contributed by atoms with E-state index in [4.69, 9.17) is 15.5 Å². The summed E-state index contributed by atoms with van der Waals surface area (Å²) in [7, 11) is 3.58. The molecule has 0 atom stereocenters. The molecule has 34 heavy (non-hydrogen) atoms. The number of nitrogens with one attached hydrogen (secondary N) is 1. The lowest BCUT2D eigenvalue weighted by molar-refractivity contribution is -0.684. The molecule has 2 aliphatic rings. The van der Waals surface area contributed by atoms with Crippen LogP contribution in [0.15, 0.2) is 28.3 Å². The number of anilines is 1. The number of likely N-dealkylation sites (N-methyl/N-ethyl adjacent to an activating group) is 1. The Balaban J connectivity index is 1.54. The van der Waals surface area contributed by atoms with Gasteiger partial charge in [-0.25, -0.2) is 14.5 Å². The van der Waals surface area contributed by atoms with Crippen LogP contribution in [-0.2, 0) is 11.3 Å². The van der Waals surface area contributed by atoms with Gasteiger partial charge in [0, 0.05) is 46.3 Å². The van der Waals surface area contributed by atoms with E-state index in [0.29, 0.717) is 31.4 Å². The van der Waals surface area contributed by atoms with E-state index in [2.05, 4.69) is 29.3 Å². The second-order valence-corrected chi connectivity index (χ2v) is 8.96. The molecular formula is C23H34N9O2+. The zero-order chi connectivity index (χ0) is 24.2. The molecule has 11 nitrogen and oxygen atoms in total. The van der Waals surface area contributed by atoms with Crippen molar-refractivity contribution in [2.45, 2.75) is 26.4 Å². The number of aromatic nitrogens is 3. The number of H-pyrrole nitrogens is 1. The monoisotopic (exact) mass is 468 g/mol. The Hall–Kier alpha value is -3.47. The number of nitrogens with zero attached hydrogens (tertiary/aromatic N) is 7. The van der Waals surface area contributed by atoms with E-state index in [0.717, 1.165) is 49.1 Å². The van der Waals surface area contributed by atoms with Crippen LogP contribution in [0.3, 0.4) is 0 Å². The quantitative estimate of drug-likeness (QED) is 0.365. The van der Waals surface area contributed by atoms with E-state index in [-0.39, 0.29) is 11.9 Å². The van der Waals surface area contributed by atoms with Gasteiger partial charge in [-0.2, -0.15) is 4.98 Å². The first kappa shape index (κ1) is 23.7. The minimum absolute atomic E-state index is 0.0909. The standard InChI is InChI=1S/C23H33N9O2/c1-16(2)26-21(25-15-24)18-13-32-11-12-34-23-17(22(32)27-18)5-6-19(28-23)31-9-7-30(8-10-31)14-20(33)29(3)4/h5-6,13,15-16H,7-12,14H2,1-4H3,(H2,24,25,26)/p+1. The lowest BCUT2D eigenvalue weighted by atomic mass is 10.2. The SMILES string of the molecule is CC(C)N=C(N=CN)c1c[n+]2c([nH]1)-c1ccc(N3CCN(CC(=O)N(C)C)CC3)nc1OCC2. The lowest BCUT2D eigenvalue weighted by Crippen LogP contribution is -2.49. The molecule has 1 saturated heterocycles. The van der Waals surface area contributed by atoms with Crippen LogP contribution in [0.5, 0.6) is 5.88 Å². The molecule has 0 aromatic carbocycles. The molecule has 11 heteroatoms. The molecule has 2 aliphatic heterocycles. The number of amides is 1. The van der Waals surface area contributed by atoms with Gasteiger partial charge in [0.15, 0.2) is 0 Å². The molecule has 0 bridgehead atoms. The van der Waals surface area contributed by atoms with Gasteiger partial charge in [-0.15, -0.1) is 0 Å². The van der Waals surface area contributed by atoms with Crippen LogP contribution in [0.25, 0.3) is 11.4 Å². The first-order chi connectivity index (χ1) is 16.4. The first-order valence-electron chi connectivity index (χ1n) is 11.6. The highest BCUT2D eigenvalue weighted by Crippen LogP contribution is 2.30. The predicted molar refractivity (Wildman–Crippen MR) is 131 cm³/mol. The normalized spacial score (nSPS) is 16.9. The Labute approximate surface area is 199 Å². The number of rotatable bonds is 5. The van der Waals surface area contributed by atoms with Crippen molar-refractivity contribution in [3.63, 3.8) is 0 Å². The Kier molecular flexibility index (Phi) is 7.11. The Morgan fingerprint density at radius 3 is 2.76 bits per heavy atom. The number of nitrogens with two attached hydrogens (primary N) is 1. The molecule has 3 N–H and O–H groups in total. The van der Waals surface area contributed by atoms with Crippen molar-refractivity contribution >= 4 is 23.9 Å². The summed E-state index contributed by atoms with van der Waals surface area (Å²) < 4.78 is 8.12. The summed E-state index contributed by atoms with van der Waals surface area (Å²) in [5.41, 5.74) is 7.24. The Morgan fingerprint density at radius 2 is 2.09 bits per heavy atom. The smallest absolute Gasteiger partial charge is 0.292 e. The van der Waals surface area contributed by atoms with Crippen LogP contribution in [0, 0.1) is 0 Å². The number of carbonyl (C=O) groups excluding carboxylic acids is 1. The van der Waals surface area contributed by atoms with Gasteiger partial charge in [-0.05, 0) is 26.0 Å². The number of imidazole rings is 1. The third kappa shape index (κ3) is 5.19. The zero-order valence-electron chi connectivity index (χ0n) is 20.4. The molecular weight excluding hydrogens is 434 g/mol. The fourth-order valence-corrected chi connectivity index (χ4v) is 4.06. The van der Waals surface area contributed by atoms with Gasteiger partial charge in [0.25, 0.3) is 5.82 Å². The van der Waals surface area contributed by atoms with Crippen LogP contribution < -0.4 is 19.9 Å². The zero-order valence-corrected chi connectivity index (χ0v) is 20.4. The largest absolute Gasteiger partial charge is 0.473 e. The summed E-state index contributed by atoms with van der Waals surface area (Å²) in [6, 6.07) is 4.16. The number of fused-ring (bicyclic) bond motifs is 3. The summed E-state index contributed by atoms with van der Waals surface area (Å²) in [6.45, 7) is 8.90. The van der Waals surface area contributed by atoms with Gasteiger partial charge in [0.05, 0.1) is 12.9 Å². The molecule has 0 unspecified atom stereocenters. The summed E-state index contributed by atoms with van der Waals surface area (Å²) in [4.78, 5) is 35.2. The Bertz CT molecular complexity index is 1080. The molecule has 0 radical (unpaired) electrons. The minimum Gasteiger partial charge on any atom is -0.473 e. The number of amidine groups is 1. The van der Waals surface area contributed by atoms with Gasteiger partial charge in [0.1, 0.15) is 30.7 Å². The maximum Gasteiger partial charge on any atom is 0.292 e. The molecule has 0 spiro atoms. The maximum absolute atomic E-state index is 12.0. The maximum atomic E-state index is 12.0. The van der Waals surface area contributed by atoms with E-state index in [1.807, 2.05) is 32.2 Å². The van der Waals surface area contributed by atoms with Crippen LogP contribution in [-0.4, -0.2) is 97.3 Å². The number of pyridine rings is 1. The lowest BCUT2D eigenvalue weighted by Gasteiger charge is -2.35.